The maximum Gasteiger partial charge on any atom is 0.228 e. The van der Waals surface area contributed by atoms with Crippen molar-refractivity contribution >= 4 is 23.3 Å². The third-order valence-electron chi connectivity index (χ3n) is 2.22. The van der Waals surface area contributed by atoms with E-state index >= 15 is 0 Å². The van der Waals surface area contributed by atoms with Gasteiger partial charge in [0.1, 0.15) is 17.3 Å². The molecule has 2 heterocycles. The van der Waals surface area contributed by atoms with E-state index in [0.717, 1.165) is 19.4 Å². The average molecular weight is 212 g/mol. The average Bonchev–Trinajstić information content (AvgIpc) is 2.18. The quantitative estimate of drug-likeness (QED) is 0.664. The molecule has 0 bridgehead atoms. The molecule has 4 nitrogen and oxygen atoms in total. The Morgan fingerprint density at radius 1 is 1.36 bits per heavy atom. The Hall–Kier alpha value is -1.16. The number of aromatic nitrogens is 2. The first-order chi connectivity index (χ1) is 6.77. The molecule has 1 fully saturated rings. The molecule has 1 aliphatic heterocycles. The maximum atomic E-state index is 11.5. The van der Waals surface area contributed by atoms with Gasteiger partial charge >= 0.3 is 0 Å². The predicted molar refractivity (Wildman–Crippen MR) is 53.2 cm³/mol. The zero-order valence-corrected chi connectivity index (χ0v) is 8.37. The van der Waals surface area contributed by atoms with E-state index in [1.807, 2.05) is 0 Å². The molecule has 0 radical (unpaired) electrons. The van der Waals surface area contributed by atoms with Crippen molar-refractivity contribution in [2.75, 3.05) is 11.4 Å². The highest BCUT2D eigenvalue weighted by atomic mass is 35.5. The number of nitrogens with zero attached hydrogens (tertiary/aromatic N) is 3. The molecule has 0 atom stereocenters. The van der Waals surface area contributed by atoms with E-state index in [4.69, 9.17) is 11.6 Å². The van der Waals surface area contributed by atoms with Crippen LogP contribution in [0, 0.1) is 0 Å². The van der Waals surface area contributed by atoms with Gasteiger partial charge in [0.15, 0.2) is 0 Å². The van der Waals surface area contributed by atoms with Crippen LogP contribution in [0.25, 0.3) is 0 Å². The van der Waals surface area contributed by atoms with E-state index in [9.17, 15) is 4.79 Å². The van der Waals surface area contributed by atoms with Crippen molar-refractivity contribution in [3.63, 3.8) is 0 Å². The van der Waals surface area contributed by atoms with Crippen LogP contribution in [-0.2, 0) is 4.79 Å². The molecule has 2 rings (SSSR count). The highest BCUT2D eigenvalue weighted by Gasteiger charge is 2.20. The normalized spacial score (nSPS) is 17.2. The molecule has 0 spiro atoms. The van der Waals surface area contributed by atoms with Crippen molar-refractivity contribution in [1.29, 1.82) is 0 Å². The van der Waals surface area contributed by atoms with Crippen LogP contribution < -0.4 is 4.90 Å². The molecule has 5 heteroatoms. The molecule has 1 amide bonds. The molecule has 74 valence electrons. The summed E-state index contributed by atoms with van der Waals surface area (Å²) in [7, 11) is 0. The van der Waals surface area contributed by atoms with Gasteiger partial charge in [-0.25, -0.2) is 9.97 Å². The number of carbonyl (C=O) groups is 1. The Morgan fingerprint density at radius 3 is 2.93 bits per heavy atom. The van der Waals surface area contributed by atoms with E-state index in [2.05, 4.69) is 9.97 Å². The lowest BCUT2D eigenvalue weighted by Crippen LogP contribution is -2.35. The van der Waals surface area contributed by atoms with Crippen molar-refractivity contribution in [3.8, 4) is 0 Å². The van der Waals surface area contributed by atoms with Gasteiger partial charge in [-0.05, 0) is 12.8 Å². The largest absolute Gasteiger partial charge is 0.297 e. The van der Waals surface area contributed by atoms with Crippen LogP contribution in [0.4, 0.5) is 5.82 Å². The van der Waals surface area contributed by atoms with Crippen molar-refractivity contribution in [1.82, 2.24) is 9.97 Å². The molecule has 0 aliphatic carbocycles. The Bertz CT molecular complexity index is 356. The van der Waals surface area contributed by atoms with Crippen LogP contribution in [0.3, 0.4) is 0 Å². The minimum Gasteiger partial charge on any atom is -0.297 e. The molecular formula is C9H10ClN3O. The number of piperidine rings is 1. The van der Waals surface area contributed by atoms with Crippen LogP contribution in [0.15, 0.2) is 12.4 Å². The third kappa shape index (κ3) is 1.85. The minimum atomic E-state index is 0.117. The fraction of sp³-hybridized carbons (Fsp3) is 0.444. The zero-order chi connectivity index (χ0) is 9.97. The first-order valence-electron chi connectivity index (χ1n) is 4.55. The van der Waals surface area contributed by atoms with Gasteiger partial charge < -0.3 is 0 Å². The van der Waals surface area contributed by atoms with Crippen LogP contribution in [0.1, 0.15) is 19.3 Å². The minimum absolute atomic E-state index is 0.117. The summed E-state index contributed by atoms with van der Waals surface area (Å²) in [5.74, 6) is 0.723. The molecule has 1 aromatic heterocycles. The molecule has 14 heavy (non-hydrogen) atoms. The number of rotatable bonds is 1. The summed E-state index contributed by atoms with van der Waals surface area (Å²) in [5, 5.41) is 0.369. The highest BCUT2D eigenvalue weighted by Crippen LogP contribution is 2.19. The van der Waals surface area contributed by atoms with Crippen molar-refractivity contribution < 1.29 is 4.79 Å². The van der Waals surface area contributed by atoms with Crippen LogP contribution in [0.5, 0.6) is 0 Å². The van der Waals surface area contributed by atoms with Crippen molar-refractivity contribution in [2.24, 2.45) is 0 Å². The molecule has 1 aliphatic rings. The lowest BCUT2D eigenvalue weighted by Gasteiger charge is -2.25. The fourth-order valence-corrected chi connectivity index (χ4v) is 1.66. The SMILES string of the molecule is O=C1CCCCN1c1cc(Cl)ncn1. The molecule has 0 N–H and O–H groups in total. The number of amides is 1. The van der Waals surface area contributed by atoms with E-state index in [1.54, 1.807) is 11.0 Å². The van der Waals surface area contributed by atoms with Crippen LogP contribution in [-0.4, -0.2) is 22.4 Å². The number of hydrogen-bond donors (Lipinski definition) is 0. The molecule has 0 unspecified atom stereocenters. The molecular weight excluding hydrogens is 202 g/mol. The number of hydrogen-bond acceptors (Lipinski definition) is 3. The van der Waals surface area contributed by atoms with Gasteiger partial charge in [0.05, 0.1) is 0 Å². The van der Waals surface area contributed by atoms with E-state index in [0.29, 0.717) is 17.4 Å². The monoisotopic (exact) mass is 211 g/mol. The van der Waals surface area contributed by atoms with Crippen LogP contribution in [0.2, 0.25) is 5.15 Å². The number of carbonyl (C=O) groups excluding carboxylic acids is 1. The number of halogens is 1. The lowest BCUT2D eigenvalue weighted by atomic mass is 10.1. The maximum absolute atomic E-state index is 11.5. The zero-order valence-electron chi connectivity index (χ0n) is 7.61. The fourth-order valence-electron chi connectivity index (χ4n) is 1.52. The Kier molecular flexibility index (Phi) is 2.63. The summed E-state index contributed by atoms with van der Waals surface area (Å²) in [6.07, 6.45) is 3.96. The smallest absolute Gasteiger partial charge is 0.228 e. The first-order valence-corrected chi connectivity index (χ1v) is 4.93. The second-order valence-electron chi connectivity index (χ2n) is 3.20. The van der Waals surface area contributed by atoms with Gasteiger partial charge in [0.2, 0.25) is 5.91 Å². The van der Waals surface area contributed by atoms with Crippen molar-refractivity contribution in [3.05, 3.63) is 17.5 Å². The molecule has 1 aromatic rings. The van der Waals surface area contributed by atoms with E-state index < -0.39 is 0 Å². The number of anilines is 1. The van der Waals surface area contributed by atoms with Gasteiger partial charge in [-0.2, -0.15) is 0 Å². The highest BCUT2D eigenvalue weighted by molar-refractivity contribution is 6.29. The standard InChI is InChI=1S/C9H10ClN3O/c10-7-5-8(12-6-11-7)13-4-2-1-3-9(13)14/h5-6H,1-4H2. The summed E-state index contributed by atoms with van der Waals surface area (Å²) in [4.78, 5) is 21.0. The second-order valence-corrected chi connectivity index (χ2v) is 3.59. The van der Waals surface area contributed by atoms with Gasteiger partial charge in [-0.1, -0.05) is 11.6 Å². The Labute approximate surface area is 86.9 Å². The molecule has 1 saturated heterocycles. The van der Waals surface area contributed by atoms with Gasteiger partial charge in [-0.15, -0.1) is 0 Å². The summed E-state index contributed by atoms with van der Waals surface area (Å²) in [5.41, 5.74) is 0. The topological polar surface area (TPSA) is 46.1 Å². The summed E-state index contributed by atoms with van der Waals surface area (Å²) in [6, 6.07) is 1.62. The Balaban J connectivity index is 2.24. The van der Waals surface area contributed by atoms with Crippen molar-refractivity contribution in [2.45, 2.75) is 19.3 Å². The predicted octanol–water partition coefficient (Wildman–Crippen LogP) is 1.65. The Morgan fingerprint density at radius 2 is 2.21 bits per heavy atom. The van der Waals surface area contributed by atoms with E-state index in [1.165, 1.54) is 6.33 Å². The third-order valence-corrected chi connectivity index (χ3v) is 2.43. The van der Waals surface area contributed by atoms with Gasteiger partial charge in [-0.3, -0.25) is 9.69 Å². The summed E-state index contributed by atoms with van der Waals surface area (Å²) in [6.45, 7) is 0.728. The summed E-state index contributed by atoms with van der Waals surface area (Å²) >= 11 is 5.72. The molecule has 0 saturated carbocycles. The van der Waals surface area contributed by atoms with Gasteiger partial charge in [0.25, 0.3) is 0 Å². The second kappa shape index (κ2) is 3.92. The first kappa shape index (κ1) is 9.40. The van der Waals surface area contributed by atoms with Crippen LogP contribution >= 0.6 is 11.6 Å². The van der Waals surface area contributed by atoms with E-state index in [-0.39, 0.29) is 5.91 Å². The lowest BCUT2D eigenvalue weighted by molar-refractivity contribution is -0.119. The molecule has 0 aromatic carbocycles. The summed E-state index contributed by atoms with van der Waals surface area (Å²) < 4.78 is 0. The van der Waals surface area contributed by atoms with Gasteiger partial charge in [0, 0.05) is 19.0 Å².